The van der Waals surface area contributed by atoms with Crippen molar-refractivity contribution in [1.82, 2.24) is 35.2 Å². The van der Waals surface area contributed by atoms with Crippen molar-refractivity contribution in [3.8, 4) is 5.69 Å². The molecule has 47 heavy (non-hydrogen) atoms. The highest BCUT2D eigenvalue weighted by molar-refractivity contribution is 7.20. The van der Waals surface area contributed by atoms with Gasteiger partial charge in [-0.05, 0) is 76.1 Å². The molecule has 0 bridgehead atoms. The number of halogens is 1. The van der Waals surface area contributed by atoms with Crippen LogP contribution in [-0.2, 0) is 9.53 Å². The average Bonchev–Trinajstić information content (AvgIpc) is 3.68. The number of likely N-dealkylation sites (tertiary alicyclic amines) is 1. The topological polar surface area (TPSA) is 135 Å². The minimum absolute atomic E-state index is 0.169. The number of hydrogen-bond acceptors (Lipinski definition) is 9. The highest BCUT2D eigenvalue weighted by Gasteiger charge is 2.36. The fourth-order valence-electron chi connectivity index (χ4n) is 5.45. The Bertz CT molecular complexity index is 2020. The minimum Gasteiger partial charge on any atom is -0.444 e. The lowest BCUT2D eigenvalue weighted by Gasteiger charge is -2.39. The van der Waals surface area contributed by atoms with E-state index in [9.17, 15) is 14.4 Å². The van der Waals surface area contributed by atoms with Crippen molar-refractivity contribution >= 4 is 62.4 Å². The Kier molecular flexibility index (Phi) is 8.69. The summed E-state index contributed by atoms with van der Waals surface area (Å²) in [6, 6.07) is 10.8. The summed E-state index contributed by atoms with van der Waals surface area (Å²) in [7, 11) is 1.55. The van der Waals surface area contributed by atoms with E-state index in [1.807, 2.05) is 12.1 Å². The van der Waals surface area contributed by atoms with E-state index < -0.39 is 29.5 Å². The molecule has 242 valence electrons. The van der Waals surface area contributed by atoms with Crippen molar-refractivity contribution in [1.29, 1.82) is 0 Å². The van der Waals surface area contributed by atoms with Crippen LogP contribution < -0.4 is 10.2 Å². The van der Waals surface area contributed by atoms with Gasteiger partial charge in [-0.2, -0.15) is 4.68 Å². The molecule has 1 atom stereocenters. The number of piperidine rings is 1. The lowest BCUT2D eigenvalue weighted by Crippen LogP contribution is -2.53. The Morgan fingerprint density at radius 2 is 1.96 bits per heavy atom. The summed E-state index contributed by atoms with van der Waals surface area (Å²) in [4.78, 5) is 52.2. The molecule has 1 aromatic carbocycles. The van der Waals surface area contributed by atoms with Gasteiger partial charge in [0.25, 0.3) is 5.91 Å². The van der Waals surface area contributed by atoms with E-state index in [-0.39, 0.29) is 18.0 Å². The Hall–Kier alpha value is -5.24. The van der Waals surface area contributed by atoms with Gasteiger partial charge in [0.2, 0.25) is 5.91 Å². The quantitative estimate of drug-likeness (QED) is 0.241. The summed E-state index contributed by atoms with van der Waals surface area (Å²) >= 11 is 1.43. The van der Waals surface area contributed by atoms with Gasteiger partial charge >= 0.3 is 6.09 Å². The molecule has 12 nitrogen and oxygen atoms in total. The number of hydrogen-bond donors (Lipinski definition) is 1. The second-order valence-electron chi connectivity index (χ2n) is 12.1. The number of carbonyl (C=O) groups is 3. The SMILES string of the molecule is CNC(=O)/C=C/c1cc2c(N(C(=O)c3ccc(-n4nnc5cccnc54)cc3F)[C@@H]3CCCN(C(=O)OC(C)(C)C)C3)nccc2s1. The first-order valence-corrected chi connectivity index (χ1v) is 15.9. The standard InChI is InChI=1S/C33H33FN8O4S/c1-33(2,3)46-32(45)40-16-6-7-21(19-40)41(29-24-18-22(10-12-28(43)35-4)47-27(24)13-15-37-29)31(44)23-11-9-20(17-25(23)34)42-30-26(38-39-42)8-5-14-36-30/h5,8-15,17-18,21H,6-7,16,19H2,1-4H3,(H,35,43)/b12-10+/t21-/m1/s1. The number of nitrogens with zero attached hydrogens (tertiary/aromatic N) is 7. The van der Waals surface area contributed by atoms with Gasteiger partial charge in [0.1, 0.15) is 22.8 Å². The van der Waals surface area contributed by atoms with Gasteiger partial charge < -0.3 is 15.0 Å². The molecular weight excluding hydrogens is 623 g/mol. The van der Waals surface area contributed by atoms with Gasteiger partial charge in [-0.25, -0.2) is 19.2 Å². The molecular formula is C33H33FN8O4S. The predicted molar refractivity (Wildman–Crippen MR) is 177 cm³/mol. The fourth-order valence-corrected chi connectivity index (χ4v) is 6.41. The van der Waals surface area contributed by atoms with Crippen LogP contribution in [0.2, 0.25) is 0 Å². The largest absolute Gasteiger partial charge is 0.444 e. The van der Waals surface area contributed by atoms with E-state index in [0.29, 0.717) is 47.4 Å². The number of rotatable bonds is 6. The van der Waals surface area contributed by atoms with Crippen molar-refractivity contribution in [2.24, 2.45) is 0 Å². The van der Waals surface area contributed by atoms with Gasteiger partial charge in [0, 0.05) is 59.6 Å². The van der Waals surface area contributed by atoms with Gasteiger partial charge in [0.05, 0.1) is 17.3 Å². The zero-order chi connectivity index (χ0) is 33.3. The van der Waals surface area contributed by atoms with Crippen molar-refractivity contribution in [2.45, 2.75) is 45.3 Å². The van der Waals surface area contributed by atoms with Crippen molar-refractivity contribution in [3.05, 3.63) is 77.2 Å². The molecule has 4 aromatic heterocycles. The smallest absolute Gasteiger partial charge is 0.410 e. The second kappa shape index (κ2) is 12.9. The maximum Gasteiger partial charge on any atom is 0.410 e. The first-order chi connectivity index (χ1) is 22.5. The summed E-state index contributed by atoms with van der Waals surface area (Å²) in [5, 5.41) is 11.4. The summed E-state index contributed by atoms with van der Waals surface area (Å²) < 4.78 is 23.8. The summed E-state index contributed by atoms with van der Waals surface area (Å²) in [6.07, 6.45) is 6.96. The van der Waals surface area contributed by atoms with Crippen molar-refractivity contribution in [2.75, 3.05) is 25.0 Å². The van der Waals surface area contributed by atoms with E-state index in [1.165, 1.54) is 39.1 Å². The number of fused-ring (bicyclic) bond motifs is 2. The van der Waals surface area contributed by atoms with Gasteiger partial charge in [-0.1, -0.05) is 5.21 Å². The second-order valence-corrected chi connectivity index (χ2v) is 13.2. The Balaban J connectivity index is 1.41. The van der Waals surface area contributed by atoms with Crippen LogP contribution >= 0.6 is 11.3 Å². The number of anilines is 1. The third-order valence-corrected chi connectivity index (χ3v) is 8.65. The summed E-state index contributed by atoms with van der Waals surface area (Å²) in [6.45, 7) is 6.02. The predicted octanol–water partition coefficient (Wildman–Crippen LogP) is 5.37. The molecule has 5 aromatic rings. The van der Waals surface area contributed by atoms with E-state index >= 15 is 4.39 Å². The molecule has 0 spiro atoms. The molecule has 6 rings (SSSR count). The molecule has 0 aliphatic carbocycles. The lowest BCUT2D eigenvalue weighted by atomic mass is 10.0. The average molecular weight is 657 g/mol. The number of benzene rings is 1. The number of amides is 3. The van der Waals surface area contributed by atoms with E-state index in [4.69, 9.17) is 4.74 Å². The maximum atomic E-state index is 16.0. The molecule has 1 aliphatic rings. The van der Waals surface area contributed by atoms with Gasteiger partial charge in [-0.3, -0.25) is 14.5 Å². The first-order valence-electron chi connectivity index (χ1n) is 15.1. The molecule has 3 amide bonds. The van der Waals surface area contributed by atoms with Crippen LogP contribution in [0.5, 0.6) is 0 Å². The molecule has 1 fully saturated rings. The van der Waals surface area contributed by atoms with E-state index in [2.05, 4.69) is 25.6 Å². The minimum atomic E-state index is -0.761. The normalized spacial score (nSPS) is 15.3. The van der Waals surface area contributed by atoms with E-state index in [1.54, 1.807) is 69.4 Å². The molecule has 0 unspecified atom stereocenters. The lowest BCUT2D eigenvalue weighted by molar-refractivity contribution is -0.116. The Labute approximate surface area is 273 Å². The molecule has 0 saturated carbocycles. The monoisotopic (exact) mass is 656 g/mol. The molecule has 0 radical (unpaired) electrons. The van der Waals surface area contributed by atoms with Crippen molar-refractivity contribution in [3.63, 3.8) is 0 Å². The number of nitrogens with one attached hydrogen (secondary N) is 1. The van der Waals surface area contributed by atoms with Gasteiger partial charge in [-0.15, -0.1) is 16.4 Å². The molecule has 1 N–H and O–H groups in total. The Morgan fingerprint density at radius 1 is 1.13 bits per heavy atom. The zero-order valence-electron chi connectivity index (χ0n) is 26.3. The number of carbonyl (C=O) groups excluding carboxylic acids is 3. The molecule has 14 heteroatoms. The third kappa shape index (κ3) is 6.68. The van der Waals surface area contributed by atoms with Crippen LogP contribution in [0.4, 0.5) is 15.0 Å². The number of ether oxygens (including phenoxy) is 1. The van der Waals surface area contributed by atoms with Crippen LogP contribution in [0.15, 0.2) is 60.9 Å². The number of pyridine rings is 2. The third-order valence-electron chi connectivity index (χ3n) is 7.59. The highest BCUT2D eigenvalue weighted by Crippen LogP contribution is 2.36. The molecule has 5 heterocycles. The van der Waals surface area contributed by atoms with Crippen LogP contribution in [0.1, 0.15) is 48.8 Å². The number of likely N-dealkylation sites (N-methyl/N-ethyl adjacent to an activating group) is 1. The molecule has 1 aliphatic heterocycles. The molecule has 1 saturated heterocycles. The summed E-state index contributed by atoms with van der Waals surface area (Å²) in [5.74, 6) is -1.30. The van der Waals surface area contributed by atoms with Crippen LogP contribution in [0.25, 0.3) is 33.0 Å². The number of thiophene rings is 1. The fraction of sp³-hybridized carbons (Fsp3) is 0.303. The van der Waals surface area contributed by atoms with E-state index in [0.717, 1.165) is 9.58 Å². The van der Waals surface area contributed by atoms with Crippen LogP contribution in [-0.4, -0.2) is 79.5 Å². The maximum absolute atomic E-state index is 16.0. The highest BCUT2D eigenvalue weighted by atomic mass is 32.1. The summed E-state index contributed by atoms with van der Waals surface area (Å²) in [5.41, 5.74) is 0.482. The zero-order valence-corrected chi connectivity index (χ0v) is 27.1. The van der Waals surface area contributed by atoms with Crippen molar-refractivity contribution < 1.29 is 23.5 Å². The van der Waals surface area contributed by atoms with Gasteiger partial charge in [0.15, 0.2) is 5.65 Å². The first kappa shape index (κ1) is 31.7. The van der Waals surface area contributed by atoms with Crippen LogP contribution in [0.3, 0.4) is 0 Å². The Morgan fingerprint density at radius 3 is 2.72 bits per heavy atom. The number of aromatic nitrogens is 5. The van der Waals surface area contributed by atoms with Crippen LogP contribution in [0, 0.1) is 5.82 Å².